The van der Waals surface area contributed by atoms with E-state index in [4.69, 9.17) is 0 Å². The summed E-state index contributed by atoms with van der Waals surface area (Å²) in [6.45, 7) is 7.28. The van der Waals surface area contributed by atoms with E-state index < -0.39 is 0 Å². The molecule has 1 aliphatic heterocycles. The van der Waals surface area contributed by atoms with Crippen LogP contribution < -0.4 is 5.32 Å². The first-order valence-corrected chi connectivity index (χ1v) is 8.99. The van der Waals surface area contributed by atoms with Gasteiger partial charge in [-0.2, -0.15) is 0 Å². The van der Waals surface area contributed by atoms with Gasteiger partial charge in [0.25, 0.3) is 0 Å². The maximum atomic E-state index is 12.9. The Morgan fingerprint density at radius 2 is 1.88 bits per heavy atom. The standard InChI is InChI=1S/C19H28FN3O2/c1-3-23(19(25)14-22-10-8-15(2)9-11-22)13-18(24)21-12-16-4-6-17(20)7-5-16/h4-7,15H,3,8-14H2,1-2H3,(H,21,24). The zero-order valence-corrected chi connectivity index (χ0v) is 15.1. The number of hydrogen-bond donors (Lipinski definition) is 1. The number of benzene rings is 1. The van der Waals surface area contributed by atoms with Crippen molar-refractivity contribution in [1.29, 1.82) is 0 Å². The summed E-state index contributed by atoms with van der Waals surface area (Å²) < 4.78 is 12.9. The molecular weight excluding hydrogens is 321 g/mol. The Balaban J connectivity index is 1.76. The molecule has 1 fully saturated rings. The molecular formula is C19H28FN3O2. The van der Waals surface area contributed by atoms with E-state index >= 15 is 0 Å². The van der Waals surface area contributed by atoms with Gasteiger partial charge in [0.05, 0.1) is 13.1 Å². The number of rotatable bonds is 7. The molecule has 1 aromatic rings. The predicted molar refractivity (Wildman–Crippen MR) is 95.3 cm³/mol. The van der Waals surface area contributed by atoms with E-state index in [1.54, 1.807) is 17.0 Å². The minimum atomic E-state index is -0.301. The number of carbonyl (C=O) groups is 2. The molecule has 0 radical (unpaired) electrons. The van der Waals surface area contributed by atoms with Crippen molar-refractivity contribution < 1.29 is 14.0 Å². The highest BCUT2D eigenvalue weighted by molar-refractivity contribution is 5.85. The maximum Gasteiger partial charge on any atom is 0.239 e. The quantitative estimate of drug-likeness (QED) is 0.819. The molecule has 1 N–H and O–H groups in total. The van der Waals surface area contributed by atoms with Crippen LogP contribution in [0.5, 0.6) is 0 Å². The van der Waals surface area contributed by atoms with Crippen molar-refractivity contribution >= 4 is 11.8 Å². The number of amides is 2. The Labute approximate surface area is 149 Å². The highest BCUT2D eigenvalue weighted by Crippen LogP contribution is 2.15. The normalized spacial score (nSPS) is 15.8. The Bertz CT molecular complexity index is 569. The second-order valence-electron chi connectivity index (χ2n) is 6.77. The fourth-order valence-electron chi connectivity index (χ4n) is 2.92. The zero-order valence-electron chi connectivity index (χ0n) is 15.1. The Morgan fingerprint density at radius 1 is 1.24 bits per heavy atom. The van der Waals surface area contributed by atoms with Gasteiger partial charge in [-0.3, -0.25) is 14.5 Å². The molecule has 0 saturated carbocycles. The van der Waals surface area contributed by atoms with Crippen molar-refractivity contribution in [2.24, 2.45) is 5.92 Å². The molecule has 1 saturated heterocycles. The summed E-state index contributed by atoms with van der Waals surface area (Å²) in [7, 11) is 0. The van der Waals surface area contributed by atoms with Gasteiger partial charge in [0, 0.05) is 13.1 Å². The highest BCUT2D eigenvalue weighted by Gasteiger charge is 2.21. The lowest BCUT2D eigenvalue weighted by Gasteiger charge is -2.31. The summed E-state index contributed by atoms with van der Waals surface area (Å²) in [5, 5.41) is 2.78. The number of hydrogen-bond acceptors (Lipinski definition) is 3. The number of likely N-dealkylation sites (tertiary alicyclic amines) is 1. The second-order valence-corrected chi connectivity index (χ2v) is 6.77. The molecule has 138 valence electrons. The van der Waals surface area contributed by atoms with Crippen LogP contribution in [-0.2, 0) is 16.1 Å². The predicted octanol–water partition coefficient (Wildman–Crippen LogP) is 2.02. The smallest absolute Gasteiger partial charge is 0.239 e. The molecule has 2 amide bonds. The molecule has 0 aliphatic carbocycles. The Kier molecular flexibility index (Phi) is 7.37. The van der Waals surface area contributed by atoms with Crippen LogP contribution in [0.25, 0.3) is 0 Å². The summed E-state index contributed by atoms with van der Waals surface area (Å²) in [4.78, 5) is 28.3. The van der Waals surface area contributed by atoms with Gasteiger partial charge >= 0.3 is 0 Å². The van der Waals surface area contributed by atoms with Gasteiger partial charge in [-0.05, 0) is 56.5 Å². The third kappa shape index (κ3) is 6.46. The second kappa shape index (κ2) is 9.51. The van der Waals surface area contributed by atoms with Gasteiger partial charge in [0.15, 0.2) is 0 Å². The van der Waals surface area contributed by atoms with Crippen LogP contribution in [0.1, 0.15) is 32.3 Å². The van der Waals surface area contributed by atoms with Crippen molar-refractivity contribution in [3.8, 4) is 0 Å². The van der Waals surface area contributed by atoms with E-state index in [0.717, 1.165) is 37.4 Å². The number of nitrogens with one attached hydrogen (secondary N) is 1. The van der Waals surface area contributed by atoms with Gasteiger partial charge in [-0.15, -0.1) is 0 Å². The van der Waals surface area contributed by atoms with Crippen LogP contribution in [0.3, 0.4) is 0 Å². The monoisotopic (exact) mass is 349 g/mol. The fraction of sp³-hybridized carbons (Fsp3) is 0.579. The molecule has 0 atom stereocenters. The van der Waals surface area contributed by atoms with E-state index in [-0.39, 0.29) is 24.2 Å². The first-order chi connectivity index (χ1) is 12.0. The number of nitrogens with zero attached hydrogens (tertiary/aromatic N) is 2. The average molecular weight is 349 g/mol. The topological polar surface area (TPSA) is 52.7 Å². The molecule has 1 aliphatic rings. The molecule has 1 aromatic carbocycles. The number of halogens is 1. The van der Waals surface area contributed by atoms with E-state index in [1.807, 2.05) is 6.92 Å². The summed E-state index contributed by atoms with van der Waals surface area (Å²) in [6.07, 6.45) is 2.25. The van der Waals surface area contributed by atoms with Crippen LogP contribution in [0.2, 0.25) is 0 Å². The number of piperidine rings is 1. The summed E-state index contributed by atoms with van der Waals surface area (Å²) in [5.74, 6) is 0.219. The van der Waals surface area contributed by atoms with Crippen LogP contribution in [0, 0.1) is 11.7 Å². The van der Waals surface area contributed by atoms with Crippen molar-refractivity contribution in [2.45, 2.75) is 33.2 Å². The summed E-state index contributed by atoms with van der Waals surface area (Å²) in [5.41, 5.74) is 0.826. The molecule has 1 heterocycles. The van der Waals surface area contributed by atoms with E-state index in [1.165, 1.54) is 12.1 Å². The van der Waals surface area contributed by atoms with Crippen molar-refractivity contribution in [3.63, 3.8) is 0 Å². The van der Waals surface area contributed by atoms with E-state index in [9.17, 15) is 14.0 Å². The number of carbonyl (C=O) groups excluding carboxylic acids is 2. The molecule has 0 aromatic heterocycles. The highest BCUT2D eigenvalue weighted by atomic mass is 19.1. The van der Waals surface area contributed by atoms with Gasteiger partial charge in [-0.1, -0.05) is 19.1 Å². The van der Waals surface area contributed by atoms with Gasteiger partial charge in [0.2, 0.25) is 11.8 Å². The first-order valence-electron chi connectivity index (χ1n) is 8.99. The van der Waals surface area contributed by atoms with E-state index in [2.05, 4.69) is 17.1 Å². The van der Waals surface area contributed by atoms with Crippen LogP contribution in [-0.4, -0.2) is 54.3 Å². The van der Waals surface area contributed by atoms with Crippen LogP contribution >= 0.6 is 0 Å². The number of likely N-dealkylation sites (N-methyl/N-ethyl adjacent to an activating group) is 1. The van der Waals surface area contributed by atoms with Gasteiger partial charge in [-0.25, -0.2) is 4.39 Å². The van der Waals surface area contributed by atoms with Crippen molar-refractivity contribution in [2.75, 3.05) is 32.7 Å². The molecule has 25 heavy (non-hydrogen) atoms. The lowest BCUT2D eigenvalue weighted by atomic mass is 9.99. The molecule has 0 bridgehead atoms. The lowest BCUT2D eigenvalue weighted by Crippen LogP contribution is -2.46. The minimum absolute atomic E-state index is 0.00557. The largest absolute Gasteiger partial charge is 0.350 e. The maximum absolute atomic E-state index is 12.9. The lowest BCUT2D eigenvalue weighted by molar-refractivity contribution is -0.137. The average Bonchev–Trinajstić information content (AvgIpc) is 2.61. The Hall–Kier alpha value is -1.95. The van der Waals surface area contributed by atoms with Crippen molar-refractivity contribution in [3.05, 3.63) is 35.6 Å². The third-order valence-electron chi connectivity index (χ3n) is 4.71. The van der Waals surface area contributed by atoms with Crippen LogP contribution in [0.15, 0.2) is 24.3 Å². The van der Waals surface area contributed by atoms with Gasteiger partial charge in [0.1, 0.15) is 5.82 Å². The molecule has 2 rings (SSSR count). The van der Waals surface area contributed by atoms with Gasteiger partial charge < -0.3 is 10.2 Å². The third-order valence-corrected chi connectivity index (χ3v) is 4.71. The summed E-state index contributed by atoms with van der Waals surface area (Å²) >= 11 is 0. The minimum Gasteiger partial charge on any atom is -0.350 e. The first kappa shape index (κ1) is 19.4. The summed E-state index contributed by atoms with van der Waals surface area (Å²) in [6, 6.07) is 6.00. The zero-order chi connectivity index (χ0) is 18.2. The van der Waals surface area contributed by atoms with E-state index in [0.29, 0.717) is 19.6 Å². The Morgan fingerprint density at radius 3 is 2.48 bits per heavy atom. The SMILES string of the molecule is CCN(CC(=O)NCc1ccc(F)cc1)C(=O)CN1CCC(C)CC1. The van der Waals surface area contributed by atoms with Crippen LogP contribution in [0.4, 0.5) is 4.39 Å². The fourth-order valence-corrected chi connectivity index (χ4v) is 2.92. The molecule has 6 heteroatoms. The molecule has 0 unspecified atom stereocenters. The molecule has 0 spiro atoms. The van der Waals surface area contributed by atoms with Crippen molar-refractivity contribution in [1.82, 2.24) is 15.1 Å². The molecule has 5 nitrogen and oxygen atoms in total.